The molecule has 3 rings (SSSR count). The second-order valence-corrected chi connectivity index (χ2v) is 4.90. The topological polar surface area (TPSA) is 51.1 Å². The van der Waals surface area contributed by atoms with Crippen LogP contribution in [0.4, 0.5) is 14.7 Å². The fourth-order valence-corrected chi connectivity index (χ4v) is 2.23. The van der Waals surface area contributed by atoms with Gasteiger partial charge in [0, 0.05) is 19.2 Å². The first kappa shape index (κ1) is 13.9. The van der Waals surface area contributed by atoms with E-state index >= 15 is 0 Å². The summed E-state index contributed by atoms with van der Waals surface area (Å²) in [6.45, 7) is 1.65. The highest BCUT2D eigenvalue weighted by atomic mass is 35.5. The van der Waals surface area contributed by atoms with Crippen LogP contribution in [0.5, 0.6) is 11.8 Å². The van der Waals surface area contributed by atoms with E-state index in [1.807, 2.05) is 4.90 Å². The largest absolute Gasteiger partial charge is 0.421 e. The van der Waals surface area contributed by atoms with Gasteiger partial charge in [-0.15, -0.1) is 0 Å². The second-order valence-electron chi connectivity index (χ2n) is 4.56. The summed E-state index contributed by atoms with van der Waals surface area (Å²) < 4.78 is 31.6. The highest BCUT2D eigenvalue weighted by Crippen LogP contribution is 2.25. The normalized spacial score (nSPS) is 14.5. The Morgan fingerprint density at radius 2 is 1.86 bits per heavy atom. The summed E-state index contributed by atoms with van der Waals surface area (Å²) in [6.07, 6.45) is 2.10. The van der Waals surface area contributed by atoms with Crippen LogP contribution in [0.25, 0.3) is 0 Å². The van der Waals surface area contributed by atoms with Crippen LogP contribution in [0.3, 0.4) is 0 Å². The summed E-state index contributed by atoms with van der Waals surface area (Å²) in [4.78, 5) is 13.9. The molecule has 1 aromatic carbocycles. The quantitative estimate of drug-likeness (QED) is 0.871. The summed E-state index contributed by atoms with van der Waals surface area (Å²) in [5.74, 6) is -1.31. The van der Waals surface area contributed by atoms with E-state index < -0.39 is 11.6 Å². The monoisotopic (exact) mass is 312 g/mol. The SMILES string of the molecule is Fc1ccc(Oc2nc(Cl)nc(N3CCCC3)n2)c(F)c1. The average Bonchev–Trinajstić information content (AvgIpc) is 2.95. The molecular formula is C13H11ClF2N4O. The number of nitrogens with zero attached hydrogens (tertiary/aromatic N) is 4. The molecule has 1 aromatic heterocycles. The predicted molar refractivity (Wildman–Crippen MR) is 72.7 cm³/mol. The fourth-order valence-electron chi connectivity index (χ4n) is 2.08. The minimum absolute atomic E-state index is 0.0376. The number of halogens is 3. The Balaban J connectivity index is 1.87. The lowest BCUT2D eigenvalue weighted by atomic mass is 10.3. The van der Waals surface area contributed by atoms with Gasteiger partial charge in [-0.25, -0.2) is 8.78 Å². The lowest BCUT2D eigenvalue weighted by Gasteiger charge is -2.15. The van der Waals surface area contributed by atoms with Crippen LogP contribution in [0.15, 0.2) is 18.2 Å². The van der Waals surface area contributed by atoms with Crippen molar-refractivity contribution in [2.45, 2.75) is 12.8 Å². The molecule has 1 aliphatic rings. The van der Waals surface area contributed by atoms with Gasteiger partial charge in [0.2, 0.25) is 11.2 Å². The van der Waals surface area contributed by atoms with Gasteiger partial charge in [-0.3, -0.25) is 0 Å². The Morgan fingerprint density at radius 3 is 2.57 bits per heavy atom. The molecule has 0 saturated carbocycles. The van der Waals surface area contributed by atoms with Crippen molar-refractivity contribution in [3.05, 3.63) is 35.1 Å². The Morgan fingerprint density at radius 1 is 1.10 bits per heavy atom. The van der Waals surface area contributed by atoms with Crippen LogP contribution in [-0.2, 0) is 0 Å². The molecule has 8 heteroatoms. The third-order valence-corrected chi connectivity index (χ3v) is 3.23. The Kier molecular flexibility index (Phi) is 3.83. The van der Waals surface area contributed by atoms with E-state index in [0.29, 0.717) is 5.95 Å². The zero-order valence-electron chi connectivity index (χ0n) is 10.9. The van der Waals surface area contributed by atoms with E-state index in [1.54, 1.807) is 0 Å². The fraction of sp³-hybridized carbons (Fsp3) is 0.308. The highest BCUT2D eigenvalue weighted by Gasteiger charge is 2.18. The van der Waals surface area contributed by atoms with Crippen LogP contribution in [0.1, 0.15) is 12.8 Å². The summed E-state index contributed by atoms with van der Waals surface area (Å²) in [7, 11) is 0. The van der Waals surface area contributed by atoms with Crippen LogP contribution in [0, 0.1) is 11.6 Å². The molecule has 1 fully saturated rings. The molecule has 0 aliphatic carbocycles. The maximum Gasteiger partial charge on any atom is 0.328 e. The molecule has 0 amide bonds. The number of ether oxygens (including phenoxy) is 1. The zero-order chi connectivity index (χ0) is 14.8. The lowest BCUT2D eigenvalue weighted by molar-refractivity contribution is 0.406. The van der Waals surface area contributed by atoms with Gasteiger partial charge in [0.05, 0.1) is 0 Å². The number of aromatic nitrogens is 3. The molecule has 5 nitrogen and oxygen atoms in total. The molecule has 0 radical (unpaired) electrons. The van der Waals surface area contributed by atoms with Gasteiger partial charge in [0.15, 0.2) is 11.6 Å². The number of hydrogen-bond donors (Lipinski definition) is 0. The first-order chi connectivity index (χ1) is 10.1. The molecule has 1 aliphatic heterocycles. The van der Waals surface area contributed by atoms with Crippen molar-refractivity contribution in [2.75, 3.05) is 18.0 Å². The van der Waals surface area contributed by atoms with E-state index in [-0.39, 0.29) is 17.0 Å². The molecule has 110 valence electrons. The standard InChI is InChI=1S/C13H11ClF2N4O/c14-11-17-12(20-5-1-2-6-20)19-13(18-11)21-10-4-3-8(15)7-9(10)16/h3-4,7H,1-2,5-6H2. The van der Waals surface area contributed by atoms with E-state index in [2.05, 4.69) is 15.0 Å². The minimum Gasteiger partial charge on any atom is -0.421 e. The predicted octanol–water partition coefficient (Wildman–Crippen LogP) is 3.20. The van der Waals surface area contributed by atoms with Crippen molar-refractivity contribution in [1.29, 1.82) is 0 Å². The lowest BCUT2D eigenvalue weighted by Crippen LogP contribution is -2.21. The molecular weight excluding hydrogens is 302 g/mol. The van der Waals surface area contributed by atoms with Crippen LogP contribution in [0.2, 0.25) is 5.28 Å². The Labute approximate surface area is 124 Å². The Bertz CT molecular complexity index is 665. The van der Waals surface area contributed by atoms with Gasteiger partial charge in [-0.2, -0.15) is 15.0 Å². The van der Waals surface area contributed by atoms with Gasteiger partial charge < -0.3 is 9.64 Å². The first-order valence-electron chi connectivity index (χ1n) is 6.41. The van der Waals surface area contributed by atoms with E-state index in [1.165, 1.54) is 0 Å². The number of hydrogen-bond acceptors (Lipinski definition) is 5. The molecule has 0 spiro atoms. The minimum atomic E-state index is -0.839. The van der Waals surface area contributed by atoms with Crippen molar-refractivity contribution >= 4 is 17.5 Å². The van der Waals surface area contributed by atoms with Crippen LogP contribution >= 0.6 is 11.6 Å². The van der Waals surface area contributed by atoms with Crippen LogP contribution < -0.4 is 9.64 Å². The smallest absolute Gasteiger partial charge is 0.328 e. The van der Waals surface area contributed by atoms with Gasteiger partial charge in [-0.05, 0) is 36.6 Å². The van der Waals surface area contributed by atoms with E-state index in [4.69, 9.17) is 16.3 Å². The molecule has 0 unspecified atom stereocenters. The number of anilines is 1. The maximum absolute atomic E-state index is 13.6. The first-order valence-corrected chi connectivity index (χ1v) is 6.79. The number of rotatable bonds is 3. The highest BCUT2D eigenvalue weighted by molar-refractivity contribution is 6.28. The van der Waals surface area contributed by atoms with Crippen molar-refractivity contribution < 1.29 is 13.5 Å². The van der Waals surface area contributed by atoms with Crippen molar-refractivity contribution in [3.8, 4) is 11.8 Å². The summed E-state index contributed by atoms with van der Waals surface area (Å²) >= 11 is 5.84. The van der Waals surface area contributed by atoms with Crippen molar-refractivity contribution in [2.24, 2.45) is 0 Å². The van der Waals surface area contributed by atoms with Crippen molar-refractivity contribution in [3.63, 3.8) is 0 Å². The van der Waals surface area contributed by atoms with Crippen LogP contribution in [-0.4, -0.2) is 28.0 Å². The third kappa shape index (κ3) is 3.18. The number of benzene rings is 1. The molecule has 0 N–H and O–H groups in total. The molecule has 2 heterocycles. The average molecular weight is 313 g/mol. The van der Waals surface area contributed by atoms with Gasteiger partial charge in [0.1, 0.15) is 5.82 Å². The molecule has 21 heavy (non-hydrogen) atoms. The molecule has 0 bridgehead atoms. The van der Waals surface area contributed by atoms with Crippen molar-refractivity contribution in [1.82, 2.24) is 15.0 Å². The second kappa shape index (κ2) is 5.77. The van der Waals surface area contributed by atoms with Gasteiger partial charge >= 0.3 is 6.01 Å². The van der Waals surface area contributed by atoms with Gasteiger partial charge in [-0.1, -0.05) is 0 Å². The molecule has 2 aromatic rings. The zero-order valence-corrected chi connectivity index (χ0v) is 11.6. The van der Waals surface area contributed by atoms with E-state index in [9.17, 15) is 8.78 Å². The summed E-state index contributed by atoms with van der Waals surface area (Å²) in [6, 6.07) is 2.85. The summed E-state index contributed by atoms with van der Waals surface area (Å²) in [5.41, 5.74) is 0. The summed E-state index contributed by atoms with van der Waals surface area (Å²) in [5, 5.41) is -0.0376. The molecule has 1 saturated heterocycles. The van der Waals surface area contributed by atoms with Gasteiger partial charge in [0.25, 0.3) is 0 Å². The third-order valence-electron chi connectivity index (χ3n) is 3.06. The Hall–Kier alpha value is -2.02. The molecule has 0 atom stereocenters. The van der Waals surface area contributed by atoms with E-state index in [0.717, 1.165) is 44.1 Å². The maximum atomic E-state index is 13.6.